The van der Waals surface area contributed by atoms with Crippen molar-refractivity contribution in [2.24, 2.45) is 0 Å². The third kappa shape index (κ3) is 8.77. The fourth-order valence-corrected chi connectivity index (χ4v) is 8.42. The van der Waals surface area contributed by atoms with Crippen molar-refractivity contribution >= 4 is 46.0 Å². The number of nitrogens with zero attached hydrogens (tertiary/aromatic N) is 2. The fourth-order valence-electron chi connectivity index (χ4n) is 7.02. The Morgan fingerprint density at radius 3 is 2.07 bits per heavy atom. The van der Waals surface area contributed by atoms with E-state index in [9.17, 15) is 0 Å². The quantitative estimate of drug-likeness (QED) is 0.123. The molecule has 0 atom stereocenters. The predicted molar refractivity (Wildman–Crippen MR) is 238 cm³/mol. The van der Waals surface area contributed by atoms with E-state index in [1.165, 1.54) is 11.1 Å². The predicted octanol–water partition coefficient (Wildman–Crippen LogP) is 13.2. The fraction of sp³-hybridized carbons (Fsp3) is 0.154. The molecule has 0 aliphatic heterocycles. The van der Waals surface area contributed by atoms with Crippen molar-refractivity contribution in [2.75, 3.05) is 0 Å². The van der Waals surface area contributed by atoms with Crippen LogP contribution in [-0.2, 0) is 31.9 Å². The van der Waals surface area contributed by atoms with Crippen LogP contribution in [0.1, 0.15) is 40.2 Å². The number of hydrogen-bond acceptors (Lipinski definition) is 3. The Kier molecular flexibility index (Phi) is 10.8. The van der Waals surface area contributed by atoms with Gasteiger partial charge in [-0.25, -0.2) is 0 Å². The van der Waals surface area contributed by atoms with Gasteiger partial charge in [0.05, 0.1) is 13.7 Å². The molecule has 0 fully saturated rings. The van der Waals surface area contributed by atoms with Gasteiger partial charge in [0.15, 0.2) is 0 Å². The summed E-state index contributed by atoms with van der Waals surface area (Å²) in [6.07, 6.45) is 2.22. The molecular weight excluding hydrogens is 889 g/mol. The second-order valence-corrected chi connectivity index (χ2v) is 21.3. The maximum absolute atomic E-state index is 8.98. The number of fused-ring (bicyclic) bond motifs is 4. The summed E-state index contributed by atoms with van der Waals surface area (Å²) in [5.74, 6) is 0. The molecule has 3 aromatic heterocycles. The summed E-state index contributed by atoms with van der Waals surface area (Å²) in [5.41, 5.74) is 10.1. The molecular formula is C52H46IrN2OSi-2. The van der Waals surface area contributed by atoms with Crippen LogP contribution in [0, 0.1) is 12.1 Å². The van der Waals surface area contributed by atoms with Gasteiger partial charge in [-0.05, 0) is 61.9 Å². The maximum Gasteiger partial charge on any atom is 0.121 e. The van der Waals surface area contributed by atoms with Crippen molar-refractivity contribution in [3.05, 3.63) is 187 Å². The van der Waals surface area contributed by atoms with Crippen molar-refractivity contribution in [3.8, 4) is 33.6 Å². The minimum Gasteiger partial charge on any atom is -0.501 e. The van der Waals surface area contributed by atoms with Crippen LogP contribution in [-0.4, -0.2) is 18.0 Å². The Morgan fingerprint density at radius 2 is 1.33 bits per heavy atom. The molecule has 0 unspecified atom stereocenters. The molecule has 5 heteroatoms. The van der Waals surface area contributed by atoms with Crippen LogP contribution >= 0.6 is 0 Å². The van der Waals surface area contributed by atoms with Crippen LogP contribution in [0.3, 0.4) is 0 Å². The van der Waals surface area contributed by atoms with Crippen LogP contribution in [0.2, 0.25) is 19.6 Å². The molecule has 6 aromatic carbocycles. The van der Waals surface area contributed by atoms with Gasteiger partial charge in [-0.1, -0.05) is 166 Å². The van der Waals surface area contributed by atoms with Gasteiger partial charge in [0.25, 0.3) is 0 Å². The molecule has 285 valence electrons. The summed E-state index contributed by atoms with van der Waals surface area (Å²) in [5, 5.41) is 5.53. The summed E-state index contributed by atoms with van der Waals surface area (Å²) >= 11 is 0. The number of hydrogen-bond donors (Lipinski definition) is 0. The van der Waals surface area contributed by atoms with Gasteiger partial charge in [0.1, 0.15) is 5.58 Å². The first-order valence-electron chi connectivity index (χ1n) is 20.1. The van der Waals surface area contributed by atoms with Crippen LogP contribution in [0.15, 0.2) is 162 Å². The van der Waals surface area contributed by atoms with E-state index in [4.69, 9.17) is 12.1 Å². The van der Waals surface area contributed by atoms with Gasteiger partial charge in [-0.15, -0.1) is 53.6 Å². The molecule has 9 aromatic rings. The molecule has 9 rings (SSSR count). The van der Waals surface area contributed by atoms with Gasteiger partial charge in [-0.3, -0.25) is 0 Å². The zero-order valence-corrected chi connectivity index (χ0v) is 36.5. The Morgan fingerprint density at radius 1 is 0.649 bits per heavy atom. The Labute approximate surface area is 354 Å². The number of benzene rings is 6. The smallest absolute Gasteiger partial charge is 0.121 e. The maximum atomic E-state index is 8.98. The molecule has 3 heterocycles. The summed E-state index contributed by atoms with van der Waals surface area (Å²) in [6.45, 7) is 13.3. The standard InChI is InChI=1S/C27H16NO.C25H30NSi.Ir/c1-2-7-18(8-3-1)20-13-14-22-23-11-6-12-24(27(23)29-26(22)16-20)25-15-19-9-4-5-10-21(19)17-28-25;1-25(2,3)22-14-10-13-20(16-22)23-17-21(15-19-11-8-7-9-12-19)24(18-26-23)27(4,5)6;/h1-11,13-17H;7-12,14,16-18H,15H2,1-6H3;/q2*-1;/i;15D2;. The largest absolute Gasteiger partial charge is 0.501 e. The molecule has 0 saturated carbocycles. The molecule has 0 aliphatic carbocycles. The Hall–Kier alpha value is -5.45. The zero-order valence-electron chi connectivity index (χ0n) is 35.1. The summed E-state index contributed by atoms with van der Waals surface area (Å²) < 4.78 is 24.3. The molecule has 0 N–H and O–H groups in total. The van der Waals surface area contributed by atoms with E-state index >= 15 is 0 Å². The van der Waals surface area contributed by atoms with Gasteiger partial charge < -0.3 is 14.4 Å². The Bertz CT molecular complexity index is 2900. The van der Waals surface area contributed by atoms with E-state index in [0.29, 0.717) is 5.56 Å². The SMILES string of the molecule is [2H]C([2H])(c1ccccc1)c1cc(-c2[c-]ccc(C(C)(C)C)c2)ncc1[Si](C)(C)C.[Ir].[c-]1ccc2c(oc3cc(-c4ccccc4)ccc32)c1-c1cc2ccccc2cn1. The second-order valence-electron chi connectivity index (χ2n) is 16.3. The van der Waals surface area contributed by atoms with Gasteiger partial charge in [0, 0.05) is 40.6 Å². The van der Waals surface area contributed by atoms with E-state index in [1.54, 1.807) is 0 Å². The van der Waals surface area contributed by atoms with Gasteiger partial charge in [-0.2, -0.15) is 0 Å². The van der Waals surface area contributed by atoms with Crippen LogP contribution in [0.5, 0.6) is 0 Å². The first kappa shape index (κ1) is 37.1. The summed E-state index contributed by atoms with van der Waals surface area (Å²) in [6, 6.07) is 55.3. The van der Waals surface area contributed by atoms with Crippen LogP contribution in [0.4, 0.5) is 0 Å². The van der Waals surface area contributed by atoms with Crippen molar-refractivity contribution in [1.29, 1.82) is 0 Å². The first-order valence-corrected chi connectivity index (χ1v) is 22.6. The molecule has 0 aliphatic rings. The summed E-state index contributed by atoms with van der Waals surface area (Å²) in [7, 11) is -1.80. The number of pyridine rings is 2. The molecule has 1 radical (unpaired) electrons. The molecule has 3 nitrogen and oxygen atoms in total. The monoisotopic (exact) mass is 937 g/mol. The van der Waals surface area contributed by atoms with E-state index in [2.05, 4.69) is 136 Å². The van der Waals surface area contributed by atoms with Crippen molar-refractivity contribution < 1.29 is 27.3 Å². The van der Waals surface area contributed by atoms with E-state index in [-0.39, 0.29) is 25.5 Å². The molecule has 57 heavy (non-hydrogen) atoms. The van der Waals surface area contributed by atoms with Crippen molar-refractivity contribution in [1.82, 2.24) is 9.97 Å². The van der Waals surface area contributed by atoms with Crippen LogP contribution in [0.25, 0.3) is 66.4 Å². The van der Waals surface area contributed by atoms with Gasteiger partial charge in [0.2, 0.25) is 0 Å². The zero-order chi connectivity index (χ0) is 40.7. The molecule has 0 amide bonds. The first-order chi connectivity index (χ1) is 27.8. The topological polar surface area (TPSA) is 38.9 Å². The van der Waals surface area contributed by atoms with E-state index in [0.717, 1.165) is 71.5 Å². The molecule has 0 saturated heterocycles. The van der Waals surface area contributed by atoms with Crippen molar-refractivity contribution in [2.45, 2.75) is 52.2 Å². The molecule has 0 spiro atoms. The minimum absolute atomic E-state index is 0. The Balaban J connectivity index is 0.000000176. The average Bonchev–Trinajstić information content (AvgIpc) is 3.62. The molecule has 0 bridgehead atoms. The second kappa shape index (κ2) is 16.6. The number of aromatic nitrogens is 2. The third-order valence-electron chi connectivity index (χ3n) is 10.1. The number of furan rings is 1. The normalized spacial score (nSPS) is 12.4. The average molecular weight is 937 g/mol. The third-order valence-corrected chi connectivity index (χ3v) is 12.2. The van der Waals surface area contributed by atoms with E-state index < -0.39 is 14.4 Å². The minimum atomic E-state index is -1.80. The summed E-state index contributed by atoms with van der Waals surface area (Å²) in [4.78, 5) is 9.41. The van der Waals surface area contributed by atoms with Crippen molar-refractivity contribution in [3.63, 3.8) is 0 Å². The number of rotatable bonds is 6. The van der Waals surface area contributed by atoms with Gasteiger partial charge >= 0.3 is 0 Å². The van der Waals surface area contributed by atoms with Crippen LogP contribution < -0.4 is 5.19 Å². The van der Waals surface area contributed by atoms with E-state index in [1.807, 2.05) is 79.1 Å².